The Hall–Kier alpha value is -1.87. The van der Waals surface area contributed by atoms with Crippen LogP contribution in [0.2, 0.25) is 0 Å². The van der Waals surface area contributed by atoms with Crippen LogP contribution in [-0.2, 0) is 4.74 Å². The number of hydrogen-bond acceptors (Lipinski definition) is 2. The van der Waals surface area contributed by atoms with Gasteiger partial charge in [0.15, 0.2) is 0 Å². The molecule has 3 nitrogen and oxygen atoms in total. The molecule has 0 saturated carbocycles. The molecule has 7 heteroatoms. The first-order valence-corrected chi connectivity index (χ1v) is 5.10. The van der Waals surface area contributed by atoms with Crippen molar-refractivity contribution < 1.29 is 22.7 Å². The number of amides is 1. The van der Waals surface area contributed by atoms with Crippen LogP contribution in [0.4, 0.5) is 23.7 Å². The quantitative estimate of drug-likeness (QED) is 0.679. The van der Waals surface area contributed by atoms with Crippen molar-refractivity contribution in [2.24, 2.45) is 0 Å². The Bertz CT molecular complexity index is 547. The average Bonchev–Trinajstić information content (AvgIpc) is 2.31. The smallest absolute Gasteiger partial charge is 0.430 e. The second-order valence-corrected chi connectivity index (χ2v) is 3.59. The molecule has 0 spiro atoms. The van der Waals surface area contributed by atoms with Crippen LogP contribution in [0.3, 0.4) is 0 Å². The summed E-state index contributed by atoms with van der Waals surface area (Å²) in [7, 11) is 0. The highest BCUT2D eigenvalue weighted by Gasteiger charge is 2.49. The normalized spacial score (nSPS) is 18.6. The van der Waals surface area contributed by atoms with E-state index in [1.165, 1.54) is 24.3 Å². The van der Waals surface area contributed by atoms with E-state index in [9.17, 15) is 18.0 Å². The van der Waals surface area contributed by atoms with E-state index in [0.717, 1.165) is 4.90 Å². The standard InChI is InChI=1S/C11H5ClF3NO2/c12-5-6-16-8-4-2-1-3-7(8)9(11(13,14)15)18-10(16)17/h1-4,9H. The number of cyclic esters (lactones) is 1. The predicted octanol–water partition coefficient (Wildman–Crippen LogP) is 3.40. The van der Waals surface area contributed by atoms with Gasteiger partial charge >= 0.3 is 12.3 Å². The summed E-state index contributed by atoms with van der Waals surface area (Å²) in [5.74, 6) is 0. The van der Waals surface area contributed by atoms with Gasteiger partial charge in [-0.15, -0.1) is 0 Å². The molecule has 0 fully saturated rings. The zero-order chi connectivity index (χ0) is 13.3. The molecule has 0 N–H and O–H groups in total. The third kappa shape index (κ3) is 2.09. The maximum atomic E-state index is 12.7. The summed E-state index contributed by atoms with van der Waals surface area (Å²) in [6, 6.07) is 7.65. The van der Waals surface area contributed by atoms with Crippen molar-refractivity contribution in [3.63, 3.8) is 0 Å². The molecule has 1 atom stereocenters. The van der Waals surface area contributed by atoms with E-state index in [4.69, 9.17) is 11.6 Å². The van der Waals surface area contributed by atoms with E-state index >= 15 is 0 Å². The zero-order valence-corrected chi connectivity index (χ0v) is 9.42. The van der Waals surface area contributed by atoms with Crippen LogP contribution in [0.1, 0.15) is 11.7 Å². The number of halogens is 4. The summed E-state index contributed by atoms with van der Waals surface area (Å²) in [5, 5.41) is 1.93. The fourth-order valence-corrected chi connectivity index (χ4v) is 1.70. The molecule has 0 saturated heterocycles. The highest BCUT2D eigenvalue weighted by Crippen LogP contribution is 2.43. The molecule has 2 rings (SSSR count). The fourth-order valence-electron chi connectivity index (χ4n) is 1.62. The molecule has 1 amide bonds. The number of nitrogens with zero attached hydrogens (tertiary/aromatic N) is 1. The van der Waals surface area contributed by atoms with Gasteiger partial charge in [0.1, 0.15) is 0 Å². The minimum absolute atomic E-state index is 0.0178. The lowest BCUT2D eigenvalue weighted by Gasteiger charge is -2.31. The van der Waals surface area contributed by atoms with Crippen LogP contribution in [0.5, 0.6) is 0 Å². The second kappa shape index (κ2) is 4.42. The number of carbonyl (C=O) groups is 1. The number of anilines is 1. The molecule has 1 aliphatic heterocycles. The van der Waals surface area contributed by atoms with Crippen molar-refractivity contribution in [2.45, 2.75) is 12.3 Å². The summed E-state index contributed by atoms with van der Waals surface area (Å²) in [6.45, 7) is 0. The van der Waals surface area contributed by atoms with E-state index in [0.29, 0.717) is 0 Å². The van der Waals surface area contributed by atoms with Crippen molar-refractivity contribution in [3.05, 3.63) is 29.8 Å². The van der Waals surface area contributed by atoms with Crippen molar-refractivity contribution in [3.8, 4) is 11.4 Å². The van der Waals surface area contributed by atoms with Gasteiger partial charge in [-0.3, -0.25) is 0 Å². The topological polar surface area (TPSA) is 29.5 Å². The molecule has 94 valence electrons. The first kappa shape index (κ1) is 12.6. The number of para-hydroxylation sites is 1. The number of fused-ring (bicyclic) bond motifs is 1. The maximum Gasteiger partial charge on any atom is 0.430 e. The SMILES string of the molecule is O=C1OC(C(F)(F)F)c2ccccc2N1C#CCl. The Morgan fingerprint density at radius 2 is 2.00 bits per heavy atom. The first-order chi connectivity index (χ1) is 8.45. The van der Waals surface area contributed by atoms with Crippen LogP contribution in [0.15, 0.2) is 24.3 Å². The largest absolute Gasteiger partial charge is 0.430 e. The molecule has 0 radical (unpaired) electrons. The molecule has 18 heavy (non-hydrogen) atoms. The minimum Gasteiger partial charge on any atom is -0.430 e. The van der Waals surface area contributed by atoms with Gasteiger partial charge in [-0.2, -0.15) is 13.2 Å². The third-order valence-electron chi connectivity index (χ3n) is 2.31. The summed E-state index contributed by atoms with van der Waals surface area (Å²) in [4.78, 5) is 12.2. The Kier molecular flexibility index (Phi) is 3.09. The van der Waals surface area contributed by atoms with Gasteiger partial charge in [0.2, 0.25) is 6.10 Å². The van der Waals surface area contributed by atoms with Gasteiger partial charge in [-0.05, 0) is 17.7 Å². The van der Waals surface area contributed by atoms with E-state index in [2.05, 4.69) is 10.8 Å². The van der Waals surface area contributed by atoms with Crippen molar-refractivity contribution >= 4 is 23.4 Å². The average molecular weight is 276 g/mol. The molecular formula is C11H5ClF3NO2. The van der Waals surface area contributed by atoms with Gasteiger partial charge in [0.25, 0.3) is 0 Å². The molecule has 1 unspecified atom stereocenters. The fraction of sp³-hybridized carbons (Fsp3) is 0.182. The number of benzene rings is 1. The minimum atomic E-state index is -4.67. The zero-order valence-electron chi connectivity index (χ0n) is 8.66. The van der Waals surface area contributed by atoms with Crippen molar-refractivity contribution in [2.75, 3.05) is 4.90 Å². The molecule has 0 aliphatic carbocycles. The first-order valence-electron chi connectivity index (χ1n) is 4.73. The number of alkyl halides is 3. The van der Waals surface area contributed by atoms with E-state index in [-0.39, 0.29) is 11.3 Å². The Morgan fingerprint density at radius 1 is 1.33 bits per heavy atom. The van der Waals surface area contributed by atoms with Gasteiger partial charge in [-0.25, -0.2) is 9.69 Å². The molecule has 0 bridgehead atoms. The molecule has 0 aromatic heterocycles. The van der Waals surface area contributed by atoms with Crippen LogP contribution < -0.4 is 4.90 Å². The van der Waals surface area contributed by atoms with Gasteiger partial charge in [0.05, 0.1) is 5.69 Å². The van der Waals surface area contributed by atoms with Gasteiger partial charge in [0, 0.05) is 17.0 Å². The summed E-state index contributed by atoms with van der Waals surface area (Å²) in [6.07, 6.45) is -8.16. The molecular weight excluding hydrogens is 271 g/mol. The summed E-state index contributed by atoms with van der Waals surface area (Å²) in [5.41, 5.74) is -0.159. The highest BCUT2D eigenvalue weighted by molar-refractivity contribution is 6.30. The molecule has 1 aromatic rings. The Balaban J connectivity index is 2.57. The van der Waals surface area contributed by atoms with Gasteiger partial charge < -0.3 is 4.74 Å². The summed E-state index contributed by atoms with van der Waals surface area (Å²) < 4.78 is 42.6. The van der Waals surface area contributed by atoms with Crippen molar-refractivity contribution in [1.29, 1.82) is 0 Å². The van der Waals surface area contributed by atoms with Crippen LogP contribution in [0, 0.1) is 11.4 Å². The van der Waals surface area contributed by atoms with Crippen LogP contribution in [0.25, 0.3) is 0 Å². The Morgan fingerprint density at radius 3 is 2.61 bits per heavy atom. The van der Waals surface area contributed by atoms with Gasteiger partial charge in [-0.1, -0.05) is 18.2 Å². The maximum absolute atomic E-state index is 12.7. The molecule has 1 heterocycles. The van der Waals surface area contributed by atoms with Crippen LogP contribution >= 0.6 is 11.6 Å². The Labute approximate surface area is 105 Å². The lowest BCUT2D eigenvalue weighted by atomic mass is 10.0. The van der Waals surface area contributed by atoms with Crippen molar-refractivity contribution in [1.82, 2.24) is 0 Å². The van der Waals surface area contributed by atoms with E-state index in [1.54, 1.807) is 0 Å². The number of carbonyl (C=O) groups excluding carboxylic acids is 1. The summed E-state index contributed by atoms with van der Waals surface area (Å²) >= 11 is 5.16. The number of rotatable bonds is 0. The predicted molar refractivity (Wildman–Crippen MR) is 57.8 cm³/mol. The molecule has 1 aromatic carbocycles. The van der Waals surface area contributed by atoms with E-state index in [1.807, 2.05) is 5.38 Å². The lowest BCUT2D eigenvalue weighted by Crippen LogP contribution is -2.38. The van der Waals surface area contributed by atoms with E-state index < -0.39 is 18.4 Å². The second-order valence-electron chi connectivity index (χ2n) is 3.41. The third-order valence-corrected chi connectivity index (χ3v) is 2.40. The number of hydrogen-bond donors (Lipinski definition) is 0. The van der Waals surface area contributed by atoms with Crippen LogP contribution in [-0.4, -0.2) is 12.3 Å². The lowest BCUT2D eigenvalue weighted by molar-refractivity contribution is -0.206. The highest BCUT2D eigenvalue weighted by atomic mass is 35.5. The monoisotopic (exact) mass is 275 g/mol. The number of ether oxygens (including phenoxy) is 1. The molecule has 1 aliphatic rings.